The van der Waals surface area contributed by atoms with Gasteiger partial charge in [-0.1, -0.05) is 54.0 Å². The van der Waals surface area contributed by atoms with E-state index in [1.165, 1.54) is 5.56 Å². The van der Waals surface area contributed by atoms with Gasteiger partial charge >= 0.3 is 0 Å². The molecule has 0 aliphatic heterocycles. The van der Waals surface area contributed by atoms with Gasteiger partial charge in [-0.05, 0) is 30.0 Å². The number of alkyl halides is 1. The molecule has 18 heavy (non-hydrogen) atoms. The van der Waals surface area contributed by atoms with Crippen molar-refractivity contribution in [2.45, 2.75) is 37.9 Å². The summed E-state index contributed by atoms with van der Waals surface area (Å²) in [5, 5.41) is 8.27. The molecule has 2 rings (SSSR count). The van der Waals surface area contributed by atoms with Gasteiger partial charge in [0, 0.05) is 0 Å². The van der Waals surface area contributed by atoms with Gasteiger partial charge in [-0.15, -0.1) is 5.10 Å². The Labute approximate surface area is 116 Å². The molecule has 0 saturated heterocycles. The molecule has 0 fully saturated rings. The maximum Gasteiger partial charge on any atom is 0.0965 e. The maximum absolute atomic E-state index is 4.14. The highest BCUT2D eigenvalue weighted by atomic mass is 79.9. The van der Waals surface area contributed by atoms with E-state index in [1.54, 1.807) is 4.68 Å². The Morgan fingerprint density at radius 3 is 2.22 bits per heavy atom. The van der Waals surface area contributed by atoms with Crippen LogP contribution in [0.15, 0.2) is 30.5 Å². The molecule has 0 aliphatic rings. The Morgan fingerprint density at radius 2 is 1.78 bits per heavy atom. The largest absolute Gasteiger partial charge is 0.220 e. The van der Waals surface area contributed by atoms with E-state index in [-0.39, 0.29) is 10.2 Å². The predicted molar refractivity (Wildman–Crippen MR) is 77.4 cm³/mol. The molecule has 1 atom stereocenters. The van der Waals surface area contributed by atoms with Gasteiger partial charge in [0.05, 0.1) is 22.4 Å². The van der Waals surface area contributed by atoms with Crippen LogP contribution in [0.4, 0.5) is 0 Å². The van der Waals surface area contributed by atoms with E-state index in [4.69, 9.17) is 0 Å². The van der Waals surface area contributed by atoms with Gasteiger partial charge < -0.3 is 0 Å². The zero-order valence-corrected chi connectivity index (χ0v) is 12.8. The van der Waals surface area contributed by atoms with Crippen LogP contribution in [-0.4, -0.2) is 15.0 Å². The molecule has 96 valence electrons. The van der Waals surface area contributed by atoms with Crippen molar-refractivity contribution in [1.29, 1.82) is 0 Å². The fraction of sp³-hybridized carbons (Fsp3) is 0.429. The number of aromatic nitrogens is 3. The highest BCUT2D eigenvalue weighted by molar-refractivity contribution is 9.09. The van der Waals surface area contributed by atoms with Crippen molar-refractivity contribution in [3.63, 3.8) is 0 Å². The molecule has 1 aromatic heterocycles. The van der Waals surface area contributed by atoms with Crippen LogP contribution in [0.1, 0.15) is 43.8 Å². The lowest BCUT2D eigenvalue weighted by Crippen LogP contribution is -2.10. The van der Waals surface area contributed by atoms with E-state index in [1.807, 2.05) is 13.1 Å². The first kappa shape index (κ1) is 13.3. The Hall–Kier alpha value is -1.16. The second-order valence-corrected chi connectivity index (χ2v) is 6.87. The van der Waals surface area contributed by atoms with Gasteiger partial charge in [-0.3, -0.25) is 0 Å². The Morgan fingerprint density at radius 1 is 1.17 bits per heavy atom. The second kappa shape index (κ2) is 4.84. The summed E-state index contributed by atoms with van der Waals surface area (Å²) < 4.78 is 1.81. The van der Waals surface area contributed by atoms with Crippen LogP contribution in [0.25, 0.3) is 5.69 Å². The molecule has 2 aromatic rings. The van der Waals surface area contributed by atoms with Crippen LogP contribution < -0.4 is 0 Å². The van der Waals surface area contributed by atoms with Crippen molar-refractivity contribution in [2.75, 3.05) is 0 Å². The first-order chi connectivity index (χ1) is 8.38. The van der Waals surface area contributed by atoms with Gasteiger partial charge in [0.15, 0.2) is 0 Å². The summed E-state index contributed by atoms with van der Waals surface area (Å²) in [4.78, 5) is 0.222. The second-order valence-electron chi connectivity index (χ2n) is 5.50. The van der Waals surface area contributed by atoms with E-state index >= 15 is 0 Å². The fourth-order valence-corrected chi connectivity index (χ4v) is 1.91. The molecule has 3 nitrogen and oxygen atoms in total. The maximum atomic E-state index is 4.14. The molecule has 1 aromatic carbocycles. The highest BCUT2D eigenvalue weighted by Gasteiger charge is 2.13. The van der Waals surface area contributed by atoms with Crippen molar-refractivity contribution < 1.29 is 0 Å². The van der Waals surface area contributed by atoms with Gasteiger partial charge in [0.1, 0.15) is 0 Å². The van der Waals surface area contributed by atoms with Gasteiger partial charge in [-0.2, -0.15) is 0 Å². The number of nitrogens with zero attached hydrogens (tertiary/aromatic N) is 3. The molecule has 0 aliphatic carbocycles. The summed E-state index contributed by atoms with van der Waals surface area (Å²) in [5.41, 5.74) is 3.47. The monoisotopic (exact) mass is 307 g/mol. The fourth-order valence-electron chi connectivity index (χ4n) is 1.70. The van der Waals surface area contributed by atoms with Crippen molar-refractivity contribution in [3.05, 3.63) is 41.7 Å². The summed E-state index contributed by atoms with van der Waals surface area (Å²) in [6, 6.07) is 8.46. The Balaban J connectivity index is 2.29. The third-order valence-electron chi connectivity index (χ3n) is 2.92. The summed E-state index contributed by atoms with van der Waals surface area (Å²) in [6.07, 6.45) is 1.95. The van der Waals surface area contributed by atoms with Crippen LogP contribution in [0.2, 0.25) is 0 Å². The molecule has 4 heteroatoms. The zero-order valence-electron chi connectivity index (χ0n) is 11.2. The molecular formula is C14H18BrN3. The van der Waals surface area contributed by atoms with E-state index in [2.05, 4.69) is 71.3 Å². The molecule has 1 heterocycles. The Kier molecular flexibility index (Phi) is 3.57. The highest BCUT2D eigenvalue weighted by Crippen LogP contribution is 2.24. The number of hydrogen-bond acceptors (Lipinski definition) is 2. The van der Waals surface area contributed by atoms with Crippen LogP contribution in [0.5, 0.6) is 0 Å². The minimum Gasteiger partial charge on any atom is -0.220 e. The van der Waals surface area contributed by atoms with Crippen LogP contribution >= 0.6 is 15.9 Å². The lowest BCUT2D eigenvalue weighted by molar-refractivity contribution is 0.590. The normalized spacial score (nSPS) is 13.6. The number of hydrogen-bond donors (Lipinski definition) is 0. The summed E-state index contributed by atoms with van der Waals surface area (Å²) >= 11 is 3.49. The van der Waals surface area contributed by atoms with Crippen LogP contribution in [-0.2, 0) is 5.41 Å². The SMILES string of the molecule is CC(Br)c1cn(-c2ccc(C(C)(C)C)cc2)nn1. The van der Waals surface area contributed by atoms with Gasteiger partial charge in [-0.25, -0.2) is 4.68 Å². The summed E-state index contributed by atoms with van der Waals surface area (Å²) in [5.74, 6) is 0. The number of benzene rings is 1. The molecule has 0 bridgehead atoms. The smallest absolute Gasteiger partial charge is 0.0965 e. The predicted octanol–water partition coefficient (Wildman–Crippen LogP) is 4.02. The lowest BCUT2D eigenvalue weighted by Gasteiger charge is -2.19. The first-order valence-electron chi connectivity index (χ1n) is 6.05. The molecule has 0 saturated carbocycles. The third-order valence-corrected chi connectivity index (χ3v) is 3.39. The first-order valence-corrected chi connectivity index (χ1v) is 6.97. The third kappa shape index (κ3) is 2.80. The molecule has 1 unspecified atom stereocenters. The standard InChI is InChI=1S/C14H18BrN3/c1-10(15)13-9-18(17-16-13)12-7-5-11(6-8-12)14(2,3)4/h5-10H,1-4H3. The number of rotatable bonds is 2. The molecular weight excluding hydrogens is 290 g/mol. The van der Waals surface area contributed by atoms with Crippen molar-refractivity contribution >= 4 is 15.9 Å². The number of halogens is 1. The minimum absolute atomic E-state index is 0.177. The average Bonchev–Trinajstić information content (AvgIpc) is 2.77. The molecule has 0 spiro atoms. The van der Waals surface area contributed by atoms with Crippen LogP contribution in [0, 0.1) is 0 Å². The van der Waals surface area contributed by atoms with Crippen molar-refractivity contribution in [3.8, 4) is 5.69 Å². The van der Waals surface area contributed by atoms with Crippen LogP contribution in [0.3, 0.4) is 0 Å². The quantitative estimate of drug-likeness (QED) is 0.785. The lowest BCUT2D eigenvalue weighted by atomic mass is 9.87. The Bertz CT molecular complexity index is 521. The molecule has 0 radical (unpaired) electrons. The topological polar surface area (TPSA) is 30.7 Å². The summed E-state index contributed by atoms with van der Waals surface area (Å²) in [6.45, 7) is 8.67. The van der Waals surface area contributed by atoms with E-state index < -0.39 is 0 Å². The molecule has 0 amide bonds. The molecule has 0 N–H and O–H groups in total. The average molecular weight is 308 g/mol. The van der Waals surface area contributed by atoms with E-state index in [9.17, 15) is 0 Å². The van der Waals surface area contributed by atoms with E-state index in [0.717, 1.165) is 11.4 Å². The van der Waals surface area contributed by atoms with E-state index in [0.29, 0.717) is 0 Å². The minimum atomic E-state index is 0.177. The van der Waals surface area contributed by atoms with Gasteiger partial charge in [0.25, 0.3) is 0 Å². The summed E-state index contributed by atoms with van der Waals surface area (Å²) in [7, 11) is 0. The van der Waals surface area contributed by atoms with Crippen molar-refractivity contribution in [2.24, 2.45) is 0 Å². The van der Waals surface area contributed by atoms with Gasteiger partial charge in [0.2, 0.25) is 0 Å². The zero-order chi connectivity index (χ0) is 13.3. The van der Waals surface area contributed by atoms with Crippen molar-refractivity contribution in [1.82, 2.24) is 15.0 Å².